The summed E-state index contributed by atoms with van der Waals surface area (Å²) in [6, 6.07) is 10.9. The number of nitrogens with one attached hydrogen (secondary N) is 2. The molecule has 1 atom stereocenters. The molecule has 2 aromatic rings. The molecule has 8 nitrogen and oxygen atoms in total. The molecule has 138 valence electrons. The van der Waals surface area contributed by atoms with Crippen LogP contribution in [-0.4, -0.2) is 21.2 Å². The fraction of sp³-hybridized carbons (Fsp3) is 0.235. The third kappa shape index (κ3) is 4.24. The number of hydrogen-bond donors (Lipinski definition) is 3. The van der Waals surface area contributed by atoms with E-state index in [0.29, 0.717) is 18.0 Å². The average molecular weight is 377 g/mol. The number of primary sulfonamides is 1. The second-order valence-electron chi connectivity index (χ2n) is 5.85. The maximum Gasteiger partial charge on any atom is 0.315 e. The van der Waals surface area contributed by atoms with E-state index in [4.69, 9.17) is 14.6 Å². The number of amides is 2. The zero-order chi connectivity index (χ0) is 18.7. The van der Waals surface area contributed by atoms with Crippen LogP contribution in [0, 0.1) is 0 Å². The molecule has 1 heterocycles. The highest BCUT2D eigenvalue weighted by Gasteiger charge is 2.14. The zero-order valence-electron chi connectivity index (χ0n) is 14.1. The molecule has 1 unspecified atom stereocenters. The fourth-order valence-corrected chi connectivity index (χ4v) is 3.03. The van der Waals surface area contributed by atoms with Crippen LogP contribution >= 0.6 is 0 Å². The molecule has 0 radical (unpaired) electrons. The van der Waals surface area contributed by atoms with Gasteiger partial charge in [0.25, 0.3) is 0 Å². The number of rotatable bonds is 5. The van der Waals surface area contributed by atoms with E-state index in [1.807, 2.05) is 12.1 Å². The monoisotopic (exact) mass is 377 g/mol. The van der Waals surface area contributed by atoms with Crippen molar-refractivity contribution in [2.45, 2.75) is 24.4 Å². The number of urea groups is 1. The molecule has 2 amide bonds. The molecule has 9 heteroatoms. The van der Waals surface area contributed by atoms with Gasteiger partial charge in [0.1, 0.15) is 0 Å². The molecule has 0 fully saturated rings. The average Bonchev–Trinajstić information content (AvgIpc) is 3.07. The second-order valence-corrected chi connectivity index (χ2v) is 7.41. The summed E-state index contributed by atoms with van der Waals surface area (Å²) in [7, 11) is -3.73. The first-order chi connectivity index (χ1) is 12.3. The Labute approximate surface area is 151 Å². The molecule has 0 aliphatic carbocycles. The van der Waals surface area contributed by atoms with Crippen molar-refractivity contribution in [1.29, 1.82) is 0 Å². The third-order valence-corrected chi connectivity index (χ3v) is 4.88. The first-order valence-electron chi connectivity index (χ1n) is 7.88. The normalized spacial score (nSPS) is 13.9. The summed E-state index contributed by atoms with van der Waals surface area (Å²) in [5.41, 5.74) is 1.64. The quantitative estimate of drug-likeness (QED) is 0.731. The summed E-state index contributed by atoms with van der Waals surface area (Å²) in [6.07, 6.45) is 0. The maximum atomic E-state index is 12.1. The Balaban J connectivity index is 1.54. The van der Waals surface area contributed by atoms with E-state index < -0.39 is 10.0 Å². The number of carbonyl (C=O) groups excluding carboxylic acids is 1. The Morgan fingerprint density at radius 3 is 2.54 bits per heavy atom. The lowest BCUT2D eigenvalue weighted by atomic mass is 10.1. The Morgan fingerprint density at radius 1 is 1.15 bits per heavy atom. The number of carbonyl (C=O) groups is 1. The van der Waals surface area contributed by atoms with Crippen molar-refractivity contribution in [3.05, 3.63) is 53.6 Å². The summed E-state index contributed by atoms with van der Waals surface area (Å²) in [4.78, 5) is 12.1. The third-order valence-electron chi connectivity index (χ3n) is 3.95. The lowest BCUT2D eigenvalue weighted by Crippen LogP contribution is -2.36. The number of sulfonamides is 1. The van der Waals surface area contributed by atoms with Crippen molar-refractivity contribution in [2.24, 2.45) is 5.14 Å². The van der Waals surface area contributed by atoms with Crippen LogP contribution < -0.4 is 25.2 Å². The van der Waals surface area contributed by atoms with Gasteiger partial charge >= 0.3 is 6.03 Å². The molecule has 4 N–H and O–H groups in total. The van der Waals surface area contributed by atoms with Crippen molar-refractivity contribution in [1.82, 2.24) is 10.6 Å². The minimum Gasteiger partial charge on any atom is -0.454 e. The molecule has 0 spiro atoms. The standard InChI is InChI=1S/C17H19N3O5S/c1-11(13-3-5-14(6-4-13)26(18,22)23)20-17(21)19-9-12-2-7-15-16(8-12)25-10-24-15/h2-8,11H,9-10H2,1H3,(H2,18,22,23)(H2,19,20,21). The largest absolute Gasteiger partial charge is 0.454 e. The van der Waals surface area contributed by atoms with Crippen LogP contribution in [-0.2, 0) is 16.6 Å². The van der Waals surface area contributed by atoms with E-state index in [2.05, 4.69) is 10.6 Å². The number of benzene rings is 2. The topological polar surface area (TPSA) is 120 Å². The summed E-state index contributed by atoms with van der Waals surface area (Å²) >= 11 is 0. The van der Waals surface area contributed by atoms with Gasteiger partial charge < -0.3 is 20.1 Å². The molecule has 0 saturated carbocycles. The number of ether oxygens (including phenoxy) is 2. The van der Waals surface area contributed by atoms with Gasteiger partial charge in [0.15, 0.2) is 11.5 Å². The van der Waals surface area contributed by atoms with E-state index >= 15 is 0 Å². The van der Waals surface area contributed by atoms with E-state index in [1.165, 1.54) is 12.1 Å². The molecular formula is C17H19N3O5S. The van der Waals surface area contributed by atoms with Crippen LogP contribution in [0.2, 0.25) is 0 Å². The highest BCUT2D eigenvalue weighted by atomic mass is 32.2. The first kappa shape index (κ1) is 18.0. The van der Waals surface area contributed by atoms with Crippen LogP contribution in [0.25, 0.3) is 0 Å². The molecule has 3 rings (SSSR count). The Hall–Kier alpha value is -2.78. The van der Waals surface area contributed by atoms with E-state index in [-0.39, 0.29) is 23.8 Å². The summed E-state index contributed by atoms with van der Waals surface area (Å²) in [6.45, 7) is 2.33. The van der Waals surface area contributed by atoms with E-state index in [0.717, 1.165) is 11.1 Å². The lowest BCUT2D eigenvalue weighted by molar-refractivity contribution is 0.174. The first-order valence-corrected chi connectivity index (χ1v) is 9.43. The van der Waals surface area contributed by atoms with Crippen molar-refractivity contribution >= 4 is 16.1 Å². The van der Waals surface area contributed by atoms with Gasteiger partial charge in [-0.1, -0.05) is 18.2 Å². The van der Waals surface area contributed by atoms with E-state index in [1.54, 1.807) is 25.1 Å². The zero-order valence-corrected chi connectivity index (χ0v) is 14.9. The highest BCUT2D eigenvalue weighted by Crippen LogP contribution is 2.32. The maximum absolute atomic E-state index is 12.1. The minimum absolute atomic E-state index is 0.0284. The van der Waals surface area contributed by atoms with Gasteiger partial charge in [0, 0.05) is 6.54 Å². The SMILES string of the molecule is CC(NC(=O)NCc1ccc2c(c1)OCO2)c1ccc(S(N)(=O)=O)cc1. The van der Waals surface area contributed by atoms with Crippen molar-refractivity contribution < 1.29 is 22.7 Å². The van der Waals surface area contributed by atoms with Gasteiger partial charge in [-0.25, -0.2) is 18.4 Å². The van der Waals surface area contributed by atoms with Gasteiger partial charge in [-0.15, -0.1) is 0 Å². The Bertz CT molecular complexity index is 912. The molecule has 1 aliphatic rings. The number of hydrogen-bond acceptors (Lipinski definition) is 5. The number of fused-ring (bicyclic) bond motifs is 1. The summed E-state index contributed by atoms with van der Waals surface area (Å²) in [5, 5.41) is 10.6. The molecule has 1 aliphatic heterocycles. The van der Waals surface area contributed by atoms with Gasteiger partial charge in [-0.3, -0.25) is 0 Å². The highest BCUT2D eigenvalue weighted by molar-refractivity contribution is 7.89. The van der Waals surface area contributed by atoms with Crippen molar-refractivity contribution in [2.75, 3.05) is 6.79 Å². The van der Waals surface area contributed by atoms with Gasteiger partial charge in [0.2, 0.25) is 16.8 Å². The predicted molar refractivity (Wildman–Crippen MR) is 94.2 cm³/mol. The molecule has 0 bridgehead atoms. The lowest BCUT2D eigenvalue weighted by Gasteiger charge is -2.15. The van der Waals surface area contributed by atoms with Crippen molar-refractivity contribution in [3.8, 4) is 11.5 Å². The molecule has 26 heavy (non-hydrogen) atoms. The smallest absolute Gasteiger partial charge is 0.315 e. The van der Waals surface area contributed by atoms with Crippen LogP contribution in [0.15, 0.2) is 47.4 Å². The second kappa shape index (κ2) is 7.22. The van der Waals surface area contributed by atoms with E-state index in [9.17, 15) is 13.2 Å². The molecule has 0 saturated heterocycles. The molecule has 2 aromatic carbocycles. The van der Waals surface area contributed by atoms with Crippen LogP contribution in [0.4, 0.5) is 4.79 Å². The van der Waals surface area contributed by atoms with Crippen LogP contribution in [0.1, 0.15) is 24.1 Å². The van der Waals surface area contributed by atoms with Crippen LogP contribution in [0.3, 0.4) is 0 Å². The summed E-state index contributed by atoms with van der Waals surface area (Å²) in [5.74, 6) is 1.35. The van der Waals surface area contributed by atoms with Crippen LogP contribution in [0.5, 0.6) is 11.5 Å². The molecular weight excluding hydrogens is 358 g/mol. The molecule has 0 aromatic heterocycles. The Morgan fingerprint density at radius 2 is 1.85 bits per heavy atom. The predicted octanol–water partition coefficient (Wildman–Crippen LogP) is 1.62. The fourth-order valence-electron chi connectivity index (χ4n) is 2.51. The summed E-state index contributed by atoms with van der Waals surface area (Å²) < 4.78 is 33.1. The Kier molecular flexibility index (Phi) is 5.01. The van der Waals surface area contributed by atoms with Gasteiger partial charge in [-0.05, 0) is 42.3 Å². The van der Waals surface area contributed by atoms with Gasteiger partial charge in [-0.2, -0.15) is 0 Å². The number of nitrogens with two attached hydrogens (primary N) is 1. The van der Waals surface area contributed by atoms with Crippen molar-refractivity contribution in [3.63, 3.8) is 0 Å². The minimum atomic E-state index is -3.73. The van der Waals surface area contributed by atoms with Gasteiger partial charge in [0.05, 0.1) is 10.9 Å².